The number of hydrogen-bond donors (Lipinski definition) is 1. The van der Waals surface area contributed by atoms with Crippen LogP contribution in [0.1, 0.15) is 27.2 Å². The zero-order chi connectivity index (χ0) is 22.0. The third-order valence-electron chi connectivity index (χ3n) is 4.70. The van der Waals surface area contributed by atoms with Gasteiger partial charge in [0.1, 0.15) is 11.4 Å². The minimum absolute atomic E-state index is 0.0576. The first-order chi connectivity index (χ1) is 14.8. The highest BCUT2D eigenvalue weighted by Crippen LogP contribution is 2.29. The molecule has 8 heteroatoms. The Labute approximate surface area is 176 Å². The number of benzene rings is 2. The van der Waals surface area contributed by atoms with Crippen LogP contribution in [0.2, 0.25) is 0 Å². The quantitative estimate of drug-likeness (QED) is 0.466. The van der Waals surface area contributed by atoms with Crippen molar-refractivity contribution < 1.29 is 22.4 Å². The van der Waals surface area contributed by atoms with E-state index in [9.17, 15) is 18.0 Å². The second-order valence-corrected chi connectivity index (χ2v) is 7.02. The summed E-state index contributed by atoms with van der Waals surface area (Å²) in [4.78, 5) is 12.9. The molecule has 0 saturated heterocycles. The van der Waals surface area contributed by atoms with Crippen LogP contribution in [-0.4, -0.2) is 15.7 Å². The number of amides is 1. The predicted octanol–water partition coefficient (Wildman–Crippen LogP) is 5.39. The number of nitrogens with one attached hydrogen (secondary N) is 1. The lowest BCUT2D eigenvalue weighted by Gasteiger charge is -2.11. The number of carbonyl (C=O) groups is 1. The molecule has 31 heavy (non-hydrogen) atoms. The van der Waals surface area contributed by atoms with Crippen LogP contribution in [0.4, 0.5) is 13.2 Å². The first-order valence-corrected chi connectivity index (χ1v) is 9.46. The summed E-state index contributed by atoms with van der Waals surface area (Å²) in [6.45, 7) is 1.89. The largest absolute Gasteiger partial charge is 0.463 e. The normalized spacial score (nSPS) is 11.5. The van der Waals surface area contributed by atoms with Gasteiger partial charge in [-0.15, -0.1) is 0 Å². The lowest BCUT2D eigenvalue weighted by molar-refractivity contribution is -0.137. The number of aromatic nitrogens is 2. The smallest absolute Gasteiger partial charge is 0.416 e. The molecule has 0 aliphatic rings. The maximum atomic E-state index is 12.9. The van der Waals surface area contributed by atoms with Gasteiger partial charge in [0.2, 0.25) is 0 Å². The molecule has 5 nitrogen and oxygen atoms in total. The Hall–Kier alpha value is -3.81. The van der Waals surface area contributed by atoms with Gasteiger partial charge in [-0.25, -0.2) is 4.68 Å². The van der Waals surface area contributed by atoms with E-state index in [2.05, 4.69) is 10.4 Å². The number of furan rings is 1. The topological polar surface area (TPSA) is 60.1 Å². The van der Waals surface area contributed by atoms with Crippen LogP contribution in [0.15, 0.2) is 77.4 Å². The van der Waals surface area contributed by atoms with E-state index in [-0.39, 0.29) is 12.2 Å². The highest BCUT2D eigenvalue weighted by molar-refractivity contribution is 5.94. The van der Waals surface area contributed by atoms with Crippen molar-refractivity contribution in [2.75, 3.05) is 0 Å². The molecule has 0 saturated carbocycles. The molecule has 0 fully saturated rings. The summed E-state index contributed by atoms with van der Waals surface area (Å²) in [7, 11) is 0. The second kappa shape index (κ2) is 8.14. The summed E-state index contributed by atoms with van der Waals surface area (Å²) in [5.74, 6) is 0.0288. The second-order valence-electron chi connectivity index (χ2n) is 7.02. The molecular weight excluding hydrogens is 407 g/mol. The maximum absolute atomic E-state index is 12.9. The fourth-order valence-corrected chi connectivity index (χ4v) is 3.10. The molecule has 0 unspecified atom stereocenters. The third kappa shape index (κ3) is 4.53. The van der Waals surface area contributed by atoms with Gasteiger partial charge >= 0.3 is 6.18 Å². The summed E-state index contributed by atoms with van der Waals surface area (Å²) in [5.41, 5.74) is 2.02. The minimum Gasteiger partial charge on any atom is -0.463 e. The molecule has 0 bridgehead atoms. The fourth-order valence-electron chi connectivity index (χ4n) is 3.10. The molecule has 158 valence electrons. The van der Waals surface area contributed by atoms with Crippen molar-refractivity contribution in [1.29, 1.82) is 0 Å². The van der Waals surface area contributed by atoms with Crippen LogP contribution in [0.25, 0.3) is 17.1 Å². The van der Waals surface area contributed by atoms with Crippen LogP contribution in [-0.2, 0) is 12.7 Å². The van der Waals surface area contributed by atoms with Gasteiger partial charge < -0.3 is 9.73 Å². The molecule has 0 aliphatic carbocycles. The number of carbonyl (C=O) groups excluding carboxylic acids is 1. The maximum Gasteiger partial charge on any atom is 0.416 e. The Morgan fingerprint density at radius 2 is 1.84 bits per heavy atom. The molecule has 0 atom stereocenters. The van der Waals surface area contributed by atoms with Crippen LogP contribution in [0.3, 0.4) is 0 Å². The van der Waals surface area contributed by atoms with Crippen LogP contribution in [0, 0.1) is 6.92 Å². The van der Waals surface area contributed by atoms with E-state index in [1.807, 2.05) is 31.2 Å². The minimum atomic E-state index is -4.44. The molecule has 0 spiro atoms. The van der Waals surface area contributed by atoms with Crippen LogP contribution >= 0.6 is 0 Å². The summed E-state index contributed by atoms with van der Waals surface area (Å²) < 4.78 is 45.7. The Morgan fingerprint density at radius 1 is 1.06 bits per heavy atom. The Kier molecular flexibility index (Phi) is 5.37. The van der Waals surface area contributed by atoms with Crippen LogP contribution < -0.4 is 5.32 Å². The van der Waals surface area contributed by atoms with Gasteiger partial charge in [-0.3, -0.25) is 4.79 Å². The Balaban J connectivity index is 1.62. The Bertz CT molecular complexity index is 1190. The van der Waals surface area contributed by atoms with Crippen molar-refractivity contribution in [2.45, 2.75) is 19.6 Å². The van der Waals surface area contributed by atoms with E-state index in [0.29, 0.717) is 22.7 Å². The van der Waals surface area contributed by atoms with Gasteiger partial charge in [-0.05, 0) is 48.9 Å². The fraction of sp³-hybridized carbons (Fsp3) is 0.130. The molecular formula is C23H18F3N3O2. The van der Waals surface area contributed by atoms with Gasteiger partial charge in [0.05, 0.1) is 17.5 Å². The molecule has 2 aromatic heterocycles. The molecule has 4 aromatic rings. The molecule has 0 aliphatic heterocycles. The molecule has 0 radical (unpaired) electrons. The van der Waals surface area contributed by atoms with E-state index >= 15 is 0 Å². The zero-order valence-corrected chi connectivity index (χ0v) is 16.5. The standard InChI is InChI=1S/C23H18F3N3O2/c1-15-7-9-18(10-8-15)29-20(13-19(28-29)21-6-3-11-31-21)22(30)27-14-16-4-2-5-17(12-16)23(24,25)26/h2-13H,14H2,1H3,(H,27,30). The van der Waals surface area contributed by atoms with Crippen LogP contribution in [0.5, 0.6) is 0 Å². The van der Waals surface area contributed by atoms with E-state index in [1.54, 1.807) is 18.2 Å². The van der Waals surface area contributed by atoms with Gasteiger partial charge in [-0.2, -0.15) is 18.3 Å². The molecule has 2 heterocycles. The monoisotopic (exact) mass is 425 g/mol. The molecule has 1 N–H and O–H groups in total. The average Bonchev–Trinajstić information content (AvgIpc) is 3.42. The van der Waals surface area contributed by atoms with Crippen molar-refractivity contribution >= 4 is 5.91 Å². The number of halogens is 3. The van der Waals surface area contributed by atoms with E-state index in [4.69, 9.17) is 4.42 Å². The molecule has 4 rings (SSSR count). The zero-order valence-electron chi connectivity index (χ0n) is 16.5. The highest BCUT2D eigenvalue weighted by atomic mass is 19.4. The van der Waals surface area contributed by atoms with Gasteiger partial charge in [-0.1, -0.05) is 29.8 Å². The summed E-state index contributed by atoms with van der Waals surface area (Å²) in [5, 5.41) is 7.16. The third-order valence-corrected chi connectivity index (χ3v) is 4.70. The lowest BCUT2D eigenvalue weighted by Crippen LogP contribution is -2.25. The van der Waals surface area contributed by atoms with E-state index < -0.39 is 17.6 Å². The predicted molar refractivity (Wildman–Crippen MR) is 109 cm³/mol. The summed E-state index contributed by atoms with van der Waals surface area (Å²) in [6.07, 6.45) is -2.93. The van der Waals surface area contributed by atoms with Gasteiger partial charge in [0, 0.05) is 12.6 Å². The number of nitrogens with zero attached hydrogens (tertiary/aromatic N) is 2. The lowest BCUT2D eigenvalue weighted by atomic mass is 10.1. The average molecular weight is 425 g/mol. The molecule has 1 amide bonds. The highest BCUT2D eigenvalue weighted by Gasteiger charge is 2.30. The number of alkyl halides is 3. The number of aryl methyl sites for hydroxylation is 1. The van der Waals surface area contributed by atoms with E-state index in [1.165, 1.54) is 23.1 Å². The first kappa shape index (κ1) is 20.5. The SMILES string of the molecule is Cc1ccc(-n2nc(-c3ccco3)cc2C(=O)NCc2cccc(C(F)(F)F)c2)cc1. The van der Waals surface area contributed by atoms with Crippen molar-refractivity contribution in [1.82, 2.24) is 15.1 Å². The van der Waals surface area contributed by atoms with Crippen molar-refractivity contribution in [3.05, 3.63) is 95.4 Å². The van der Waals surface area contributed by atoms with Gasteiger partial charge in [0.25, 0.3) is 5.91 Å². The van der Waals surface area contributed by atoms with Gasteiger partial charge in [0.15, 0.2) is 5.76 Å². The van der Waals surface area contributed by atoms with E-state index in [0.717, 1.165) is 17.7 Å². The summed E-state index contributed by atoms with van der Waals surface area (Å²) >= 11 is 0. The van der Waals surface area contributed by atoms with Crippen molar-refractivity contribution in [3.63, 3.8) is 0 Å². The summed E-state index contributed by atoms with van der Waals surface area (Å²) in [6, 6.07) is 17.3. The van der Waals surface area contributed by atoms with Crippen molar-refractivity contribution in [2.24, 2.45) is 0 Å². The Morgan fingerprint density at radius 3 is 2.52 bits per heavy atom. The number of rotatable bonds is 5. The number of hydrogen-bond acceptors (Lipinski definition) is 3. The first-order valence-electron chi connectivity index (χ1n) is 9.46. The molecule has 2 aromatic carbocycles. The van der Waals surface area contributed by atoms with Crippen molar-refractivity contribution in [3.8, 4) is 17.1 Å².